The predicted molar refractivity (Wildman–Crippen MR) is 99.9 cm³/mol. The molecule has 3 heterocycles. The fourth-order valence-corrected chi connectivity index (χ4v) is 3.42. The zero-order chi connectivity index (χ0) is 18.5. The lowest BCUT2D eigenvalue weighted by molar-refractivity contribution is 0.0512. The lowest BCUT2D eigenvalue weighted by Gasteiger charge is -2.30. The van der Waals surface area contributed by atoms with Crippen molar-refractivity contribution in [3.63, 3.8) is 0 Å². The number of aromatic nitrogens is 2. The molecule has 0 saturated carbocycles. The maximum absolute atomic E-state index is 12.8. The smallest absolute Gasteiger partial charge is 0.273 e. The van der Waals surface area contributed by atoms with Gasteiger partial charge in [-0.3, -0.25) is 9.78 Å². The Morgan fingerprint density at radius 1 is 1.11 bits per heavy atom. The van der Waals surface area contributed by atoms with Crippen LogP contribution in [0.3, 0.4) is 0 Å². The van der Waals surface area contributed by atoms with Gasteiger partial charge in [-0.1, -0.05) is 41.6 Å². The number of nitrogens with zero attached hydrogens (tertiary/aromatic N) is 2. The Hall–Kier alpha value is -2.99. The first-order chi connectivity index (χ1) is 13.3. The Morgan fingerprint density at radius 3 is 2.67 bits per heavy atom. The highest BCUT2D eigenvalue weighted by atomic mass is 16.5. The summed E-state index contributed by atoms with van der Waals surface area (Å²) in [7, 11) is 0. The Kier molecular flexibility index (Phi) is 5.25. The molecule has 1 aliphatic heterocycles. The Morgan fingerprint density at radius 2 is 1.93 bits per heavy atom. The third kappa shape index (κ3) is 4.06. The van der Waals surface area contributed by atoms with Gasteiger partial charge in [0.25, 0.3) is 5.91 Å². The zero-order valence-electron chi connectivity index (χ0n) is 14.9. The number of carbonyl (C=O) groups is 1. The van der Waals surface area contributed by atoms with E-state index in [1.165, 1.54) is 0 Å². The number of amides is 1. The number of nitrogens with one attached hydrogen (secondary N) is 1. The van der Waals surface area contributed by atoms with E-state index >= 15 is 0 Å². The van der Waals surface area contributed by atoms with Gasteiger partial charge in [-0.05, 0) is 30.4 Å². The quantitative estimate of drug-likeness (QED) is 0.749. The number of rotatable bonds is 5. The molecule has 6 nitrogen and oxygen atoms in total. The van der Waals surface area contributed by atoms with Crippen LogP contribution >= 0.6 is 0 Å². The van der Waals surface area contributed by atoms with Gasteiger partial charge in [0, 0.05) is 37.2 Å². The third-order valence-corrected chi connectivity index (χ3v) is 4.87. The molecule has 0 bridgehead atoms. The van der Waals surface area contributed by atoms with E-state index in [4.69, 9.17) is 9.26 Å². The summed E-state index contributed by atoms with van der Waals surface area (Å²) >= 11 is 0. The largest absolute Gasteiger partial charge is 0.381 e. The van der Waals surface area contributed by atoms with Gasteiger partial charge in [0.05, 0.1) is 6.04 Å². The van der Waals surface area contributed by atoms with Crippen LogP contribution in [0.4, 0.5) is 0 Å². The highest BCUT2D eigenvalue weighted by Crippen LogP contribution is 2.30. The molecule has 1 amide bonds. The SMILES string of the molecule is O=C(NC(c1cccnc1)C1CCOCC1)c1cc(-c2ccccc2)on1. The van der Waals surface area contributed by atoms with Crippen LogP contribution in [-0.2, 0) is 4.74 Å². The van der Waals surface area contributed by atoms with Crippen molar-refractivity contribution in [3.05, 3.63) is 72.2 Å². The minimum Gasteiger partial charge on any atom is -0.381 e. The van der Waals surface area contributed by atoms with Crippen molar-refractivity contribution in [2.24, 2.45) is 5.92 Å². The van der Waals surface area contributed by atoms with Crippen molar-refractivity contribution in [2.45, 2.75) is 18.9 Å². The molecule has 1 aliphatic rings. The average molecular weight is 363 g/mol. The summed E-state index contributed by atoms with van der Waals surface area (Å²) in [6, 6.07) is 15.0. The Labute approximate surface area is 157 Å². The molecular weight excluding hydrogens is 342 g/mol. The van der Waals surface area contributed by atoms with Gasteiger partial charge in [-0.15, -0.1) is 0 Å². The van der Waals surface area contributed by atoms with Crippen LogP contribution < -0.4 is 5.32 Å². The molecule has 0 spiro atoms. The van der Waals surface area contributed by atoms with Crippen molar-refractivity contribution >= 4 is 5.91 Å². The first kappa shape index (κ1) is 17.4. The second-order valence-corrected chi connectivity index (χ2v) is 6.63. The minimum absolute atomic E-state index is 0.132. The molecule has 3 aromatic rings. The van der Waals surface area contributed by atoms with Crippen LogP contribution in [0.5, 0.6) is 0 Å². The van der Waals surface area contributed by atoms with Crippen molar-refractivity contribution in [1.82, 2.24) is 15.5 Å². The summed E-state index contributed by atoms with van der Waals surface area (Å²) in [4.78, 5) is 17.0. The van der Waals surface area contributed by atoms with Crippen LogP contribution in [0.25, 0.3) is 11.3 Å². The predicted octanol–water partition coefficient (Wildman–Crippen LogP) is 3.63. The normalized spacial score (nSPS) is 16.0. The molecule has 1 unspecified atom stereocenters. The molecular formula is C21H21N3O3. The van der Waals surface area contributed by atoms with E-state index in [0.29, 0.717) is 24.9 Å². The number of hydrogen-bond acceptors (Lipinski definition) is 5. The maximum Gasteiger partial charge on any atom is 0.273 e. The maximum atomic E-state index is 12.8. The van der Waals surface area contributed by atoms with Gasteiger partial charge in [0.2, 0.25) is 0 Å². The van der Waals surface area contributed by atoms with Crippen LogP contribution in [0.15, 0.2) is 65.4 Å². The summed E-state index contributed by atoms with van der Waals surface area (Å²) in [5.74, 6) is 0.624. The van der Waals surface area contributed by atoms with Crippen LogP contribution in [-0.4, -0.2) is 29.3 Å². The molecule has 1 atom stereocenters. The molecule has 1 fully saturated rings. The van der Waals surface area contributed by atoms with Gasteiger partial charge in [-0.25, -0.2) is 0 Å². The molecule has 138 valence electrons. The summed E-state index contributed by atoms with van der Waals surface area (Å²) in [5, 5.41) is 7.08. The van der Waals surface area contributed by atoms with E-state index in [1.807, 2.05) is 42.5 Å². The van der Waals surface area contributed by atoms with E-state index < -0.39 is 0 Å². The van der Waals surface area contributed by atoms with Gasteiger partial charge >= 0.3 is 0 Å². The van der Waals surface area contributed by atoms with Crippen molar-refractivity contribution < 1.29 is 14.1 Å². The van der Waals surface area contributed by atoms with Gasteiger partial charge in [0.1, 0.15) is 0 Å². The number of pyridine rings is 1. The second kappa shape index (κ2) is 8.14. The van der Waals surface area contributed by atoms with E-state index in [-0.39, 0.29) is 17.6 Å². The topological polar surface area (TPSA) is 77.2 Å². The van der Waals surface area contributed by atoms with Crippen LogP contribution in [0, 0.1) is 5.92 Å². The first-order valence-corrected chi connectivity index (χ1v) is 9.12. The molecule has 0 aliphatic carbocycles. The summed E-state index contributed by atoms with van der Waals surface area (Å²) in [5.41, 5.74) is 2.15. The molecule has 27 heavy (non-hydrogen) atoms. The van der Waals surface area contributed by atoms with Crippen molar-refractivity contribution in [2.75, 3.05) is 13.2 Å². The van der Waals surface area contributed by atoms with Gasteiger partial charge < -0.3 is 14.6 Å². The summed E-state index contributed by atoms with van der Waals surface area (Å²) in [6.45, 7) is 1.42. The average Bonchev–Trinajstić information content (AvgIpc) is 3.24. The van der Waals surface area contributed by atoms with Crippen LogP contribution in [0.2, 0.25) is 0 Å². The molecule has 1 aromatic carbocycles. The van der Waals surface area contributed by atoms with Crippen molar-refractivity contribution in [3.8, 4) is 11.3 Å². The second-order valence-electron chi connectivity index (χ2n) is 6.63. The molecule has 0 radical (unpaired) electrons. The van der Waals surface area contributed by atoms with E-state index in [2.05, 4.69) is 15.5 Å². The highest BCUT2D eigenvalue weighted by molar-refractivity contribution is 5.93. The van der Waals surface area contributed by atoms with Gasteiger partial charge in [-0.2, -0.15) is 0 Å². The Balaban J connectivity index is 1.54. The molecule has 1 N–H and O–H groups in total. The Bertz CT molecular complexity index is 874. The number of carbonyl (C=O) groups excluding carboxylic acids is 1. The number of benzene rings is 1. The van der Waals surface area contributed by atoms with Crippen LogP contribution in [0.1, 0.15) is 34.9 Å². The number of ether oxygens (including phenoxy) is 1. The molecule has 4 rings (SSSR count). The van der Waals surface area contributed by atoms with Gasteiger partial charge in [0.15, 0.2) is 11.5 Å². The summed E-state index contributed by atoms with van der Waals surface area (Å²) < 4.78 is 10.8. The monoisotopic (exact) mass is 363 g/mol. The molecule has 1 saturated heterocycles. The fraction of sp³-hybridized carbons (Fsp3) is 0.286. The lowest BCUT2D eigenvalue weighted by atomic mass is 9.87. The third-order valence-electron chi connectivity index (χ3n) is 4.87. The standard InChI is InChI=1S/C21H21N3O3/c25-21(18-13-19(27-24-18)15-5-2-1-3-6-15)23-20(16-8-11-26-12-9-16)17-7-4-10-22-14-17/h1-7,10,13-14,16,20H,8-9,11-12H2,(H,23,25). The van der Waals surface area contributed by atoms with E-state index in [9.17, 15) is 4.79 Å². The first-order valence-electron chi connectivity index (χ1n) is 9.12. The number of hydrogen-bond donors (Lipinski definition) is 1. The molecule has 6 heteroatoms. The van der Waals surface area contributed by atoms with Crippen molar-refractivity contribution in [1.29, 1.82) is 0 Å². The zero-order valence-corrected chi connectivity index (χ0v) is 14.9. The minimum atomic E-state index is -0.249. The lowest BCUT2D eigenvalue weighted by Crippen LogP contribution is -2.36. The van der Waals surface area contributed by atoms with E-state index in [0.717, 1.165) is 24.0 Å². The highest BCUT2D eigenvalue weighted by Gasteiger charge is 2.28. The summed E-state index contributed by atoms with van der Waals surface area (Å²) in [6.07, 6.45) is 5.33. The van der Waals surface area contributed by atoms with E-state index in [1.54, 1.807) is 18.5 Å². The fourth-order valence-electron chi connectivity index (χ4n) is 3.42. The molecule has 2 aromatic heterocycles.